The third-order valence-corrected chi connectivity index (χ3v) is 23.2. The first kappa shape index (κ1) is 35.8. The van der Waals surface area contributed by atoms with Crippen LogP contribution in [0.5, 0.6) is 0 Å². The fourth-order valence-corrected chi connectivity index (χ4v) is 21.9. The highest BCUT2D eigenvalue weighted by atomic mass is 32.3. The molecule has 11 rings (SSSR count). The lowest BCUT2D eigenvalue weighted by Gasteiger charge is -2.50. The van der Waals surface area contributed by atoms with Gasteiger partial charge in [0.15, 0.2) is 7.14 Å². The maximum absolute atomic E-state index is 16.5. The average Bonchev–Trinajstić information content (AvgIpc) is 3.32. The van der Waals surface area contributed by atoms with Crippen molar-refractivity contribution in [3.8, 4) is 0 Å². The molecule has 0 unspecified atom stereocenters. The number of nitrogens with zero attached hydrogens (tertiary/aromatic N) is 1. The van der Waals surface area contributed by atoms with Crippen LogP contribution in [0.4, 0.5) is 17.1 Å². The SMILES string of the molecule is O=P1(c2ccc(N3c4ccccc4S(c4ccccc4)(c4ccccc4)c4ccccc43)cc2)c2ccccc2S(c2ccccc2)(c2ccccc2)c2ccccc21. The van der Waals surface area contributed by atoms with E-state index in [1.165, 1.54) is 29.4 Å². The van der Waals surface area contributed by atoms with Gasteiger partial charge in [0.25, 0.3) is 0 Å². The molecule has 0 N–H and O–H groups in total. The van der Waals surface area contributed by atoms with E-state index in [-0.39, 0.29) is 0 Å². The normalized spacial score (nSPS) is 16.3. The smallest absolute Gasteiger partial charge is 0.173 e. The lowest BCUT2D eigenvalue weighted by Crippen LogP contribution is -2.35. The fourth-order valence-electron chi connectivity index (χ4n) is 9.40. The van der Waals surface area contributed by atoms with Crippen molar-refractivity contribution in [3.05, 3.63) is 243 Å². The number of para-hydroxylation sites is 2. The molecule has 284 valence electrons. The molecule has 2 aliphatic rings. The van der Waals surface area contributed by atoms with Crippen molar-refractivity contribution in [2.75, 3.05) is 4.90 Å². The molecule has 0 atom stereocenters. The predicted molar refractivity (Wildman–Crippen MR) is 248 cm³/mol. The standard InChI is InChI=1S/C54H40NOPS2/c56-57(49-31-15-19-35-53(49)59(45-25-9-3-10-26-45,46-27-11-4-12-28-46)54-36-20-16-32-50(54)57)42-39-37-41(38-40-42)55-47-29-13-17-33-51(47)58(43-21-5-1-6-22-43,44-23-7-2-8-24-44)52-34-18-14-30-48(52)55/h1-40H. The van der Waals surface area contributed by atoms with Crippen LogP contribution in [-0.4, -0.2) is 0 Å². The number of benzene rings is 9. The van der Waals surface area contributed by atoms with E-state index in [2.05, 4.69) is 248 Å². The third kappa shape index (κ3) is 5.14. The zero-order chi connectivity index (χ0) is 39.4. The molecule has 2 nitrogen and oxygen atoms in total. The van der Waals surface area contributed by atoms with Gasteiger partial charge in [-0.15, -0.1) is 20.1 Å². The van der Waals surface area contributed by atoms with Gasteiger partial charge < -0.3 is 9.46 Å². The Balaban J connectivity index is 1.11. The number of hydrogen-bond donors (Lipinski definition) is 0. The summed E-state index contributed by atoms with van der Waals surface area (Å²) in [6.45, 7) is 0. The van der Waals surface area contributed by atoms with E-state index in [9.17, 15) is 0 Å². The summed E-state index contributed by atoms with van der Waals surface area (Å²) < 4.78 is 16.5. The van der Waals surface area contributed by atoms with E-state index in [4.69, 9.17) is 0 Å². The Labute approximate surface area is 349 Å². The first-order valence-corrected chi connectivity index (χ1v) is 24.9. The first-order chi connectivity index (χ1) is 29.2. The topological polar surface area (TPSA) is 20.3 Å². The Morgan fingerprint density at radius 2 is 0.610 bits per heavy atom. The van der Waals surface area contributed by atoms with Gasteiger partial charge in [-0.2, -0.15) is 0 Å². The molecule has 5 heteroatoms. The molecule has 0 saturated carbocycles. The number of fused-ring (bicyclic) bond motifs is 4. The van der Waals surface area contributed by atoms with Gasteiger partial charge in [-0.1, -0.05) is 121 Å². The largest absolute Gasteiger partial charge is 0.309 e. The minimum Gasteiger partial charge on any atom is -0.309 e. The molecular formula is C54H40NOPS2. The van der Waals surface area contributed by atoms with Crippen LogP contribution >= 0.6 is 27.2 Å². The molecule has 2 aliphatic heterocycles. The molecule has 9 aromatic rings. The summed E-state index contributed by atoms with van der Waals surface area (Å²) in [6, 6.07) is 87.3. The second kappa shape index (κ2) is 14.2. The van der Waals surface area contributed by atoms with Gasteiger partial charge in [0.1, 0.15) is 0 Å². The Kier molecular flexibility index (Phi) is 8.64. The van der Waals surface area contributed by atoms with Crippen LogP contribution in [0.15, 0.2) is 282 Å². The van der Waals surface area contributed by atoms with Crippen LogP contribution in [0, 0.1) is 0 Å². The Morgan fingerprint density at radius 1 is 0.305 bits per heavy atom. The van der Waals surface area contributed by atoms with E-state index in [0.717, 1.165) is 42.8 Å². The summed E-state index contributed by atoms with van der Waals surface area (Å²) in [5.74, 6) is 0. The Morgan fingerprint density at radius 3 is 1.00 bits per heavy atom. The molecule has 0 amide bonds. The summed E-state index contributed by atoms with van der Waals surface area (Å²) in [7, 11) is -7.19. The minimum atomic E-state index is -3.35. The van der Waals surface area contributed by atoms with Crippen molar-refractivity contribution in [2.24, 2.45) is 0 Å². The summed E-state index contributed by atoms with van der Waals surface area (Å²) in [4.78, 5) is 12.4. The van der Waals surface area contributed by atoms with Crippen LogP contribution in [0.25, 0.3) is 0 Å². The monoisotopic (exact) mass is 813 g/mol. The van der Waals surface area contributed by atoms with E-state index >= 15 is 4.57 Å². The summed E-state index contributed by atoms with van der Waals surface area (Å²) >= 11 is 0. The first-order valence-electron chi connectivity index (χ1n) is 19.9. The lowest BCUT2D eigenvalue weighted by molar-refractivity contribution is 0.591. The second-order valence-corrected chi connectivity index (χ2v) is 23.6. The maximum atomic E-state index is 16.5. The van der Waals surface area contributed by atoms with Gasteiger partial charge >= 0.3 is 0 Å². The van der Waals surface area contributed by atoms with Gasteiger partial charge in [-0.25, -0.2) is 0 Å². The van der Waals surface area contributed by atoms with Crippen molar-refractivity contribution < 1.29 is 4.57 Å². The minimum absolute atomic E-state index is 0.836. The third-order valence-electron chi connectivity index (χ3n) is 11.8. The maximum Gasteiger partial charge on any atom is 0.173 e. The highest BCUT2D eigenvalue weighted by molar-refractivity contribution is 8.35. The van der Waals surface area contributed by atoms with Gasteiger partial charge in [-0.3, -0.25) is 0 Å². The van der Waals surface area contributed by atoms with Crippen molar-refractivity contribution >= 4 is 60.2 Å². The molecule has 0 fully saturated rings. The van der Waals surface area contributed by atoms with Crippen molar-refractivity contribution in [2.45, 2.75) is 39.2 Å². The molecule has 9 aromatic carbocycles. The molecule has 2 heterocycles. The molecule has 0 saturated heterocycles. The average molecular weight is 814 g/mol. The van der Waals surface area contributed by atoms with Gasteiger partial charge in [0.05, 0.1) is 11.4 Å². The summed E-state index contributed by atoms with van der Waals surface area (Å²) in [5.41, 5.74) is 3.34. The number of anilines is 3. The Hall–Kier alpha value is -6.29. The van der Waals surface area contributed by atoms with E-state index in [0.29, 0.717) is 0 Å². The Bertz CT molecular complexity index is 2850. The van der Waals surface area contributed by atoms with Gasteiger partial charge in [0, 0.05) is 60.8 Å². The molecule has 0 radical (unpaired) electrons. The zero-order valence-corrected chi connectivity index (χ0v) is 34.7. The molecule has 0 aromatic heterocycles. The van der Waals surface area contributed by atoms with Gasteiger partial charge in [-0.05, 0) is 121 Å². The summed E-state index contributed by atoms with van der Waals surface area (Å²) in [5, 5.41) is 2.67. The zero-order valence-electron chi connectivity index (χ0n) is 32.2. The molecule has 59 heavy (non-hydrogen) atoms. The van der Waals surface area contributed by atoms with Crippen LogP contribution in [0.1, 0.15) is 0 Å². The molecule has 0 bridgehead atoms. The highest BCUT2D eigenvalue weighted by Crippen LogP contribution is 2.80. The van der Waals surface area contributed by atoms with E-state index in [1.54, 1.807) is 0 Å². The highest BCUT2D eigenvalue weighted by Gasteiger charge is 2.48. The number of rotatable bonds is 6. The fraction of sp³-hybridized carbons (Fsp3) is 0. The molecular weight excluding hydrogens is 774 g/mol. The van der Waals surface area contributed by atoms with Crippen molar-refractivity contribution in [1.82, 2.24) is 0 Å². The van der Waals surface area contributed by atoms with Crippen LogP contribution in [0.3, 0.4) is 0 Å². The quantitative estimate of drug-likeness (QED) is 0.156. The van der Waals surface area contributed by atoms with Crippen molar-refractivity contribution in [3.63, 3.8) is 0 Å². The van der Waals surface area contributed by atoms with E-state index in [1.807, 2.05) is 0 Å². The van der Waals surface area contributed by atoms with Crippen LogP contribution < -0.4 is 20.8 Å². The van der Waals surface area contributed by atoms with E-state index < -0.39 is 27.2 Å². The van der Waals surface area contributed by atoms with Crippen LogP contribution in [-0.2, 0) is 4.57 Å². The molecule has 0 spiro atoms. The lowest BCUT2D eigenvalue weighted by atomic mass is 10.2. The van der Waals surface area contributed by atoms with Gasteiger partial charge in [0.2, 0.25) is 0 Å². The number of hydrogen-bond acceptors (Lipinski definition) is 2. The van der Waals surface area contributed by atoms with Crippen LogP contribution in [0.2, 0.25) is 0 Å². The summed E-state index contributed by atoms with van der Waals surface area (Å²) in [6.07, 6.45) is 0. The molecule has 0 aliphatic carbocycles. The second-order valence-electron chi connectivity index (χ2n) is 14.8. The van der Waals surface area contributed by atoms with Crippen molar-refractivity contribution in [1.29, 1.82) is 0 Å². The predicted octanol–water partition coefficient (Wildman–Crippen LogP) is 14.1.